The molecule has 3 N–H and O–H groups in total. The van der Waals surface area contributed by atoms with Crippen molar-refractivity contribution in [3.63, 3.8) is 0 Å². The molecular weight excluding hydrogens is 523 g/mol. The van der Waals surface area contributed by atoms with Gasteiger partial charge in [0.1, 0.15) is 17.2 Å². The molecule has 4 heterocycles. The van der Waals surface area contributed by atoms with Gasteiger partial charge in [-0.05, 0) is 66.4 Å². The van der Waals surface area contributed by atoms with Gasteiger partial charge in [0.05, 0.1) is 23.4 Å². The fourth-order valence-corrected chi connectivity index (χ4v) is 4.57. The van der Waals surface area contributed by atoms with E-state index in [4.69, 9.17) is 10.2 Å². The second-order valence-electron chi connectivity index (χ2n) is 9.80. The van der Waals surface area contributed by atoms with Crippen LogP contribution < -0.4 is 11.1 Å². The van der Waals surface area contributed by atoms with E-state index in [9.17, 15) is 22.8 Å². The van der Waals surface area contributed by atoms with Crippen molar-refractivity contribution in [3.8, 4) is 11.3 Å². The van der Waals surface area contributed by atoms with E-state index in [2.05, 4.69) is 22.2 Å². The Kier molecular flexibility index (Phi) is 7.29. The molecule has 3 aromatic heterocycles. The Labute approximate surface area is 227 Å². The number of hydrogen-bond donors (Lipinski definition) is 2. The highest BCUT2D eigenvalue weighted by atomic mass is 19.4. The maximum atomic E-state index is 14.0. The first-order valence-electron chi connectivity index (χ1n) is 12.6. The Balaban J connectivity index is 1.35. The number of furan rings is 1. The molecule has 0 bridgehead atoms. The topological polar surface area (TPSA) is 114 Å². The summed E-state index contributed by atoms with van der Waals surface area (Å²) in [5, 5.41) is 2.81. The van der Waals surface area contributed by atoms with E-state index >= 15 is 0 Å². The van der Waals surface area contributed by atoms with Gasteiger partial charge in [0.25, 0.3) is 5.91 Å². The van der Waals surface area contributed by atoms with Crippen LogP contribution in [0.3, 0.4) is 0 Å². The van der Waals surface area contributed by atoms with Crippen molar-refractivity contribution in [2.24, 2.45) is 5.92 Å². The third-order valence-electron chi connectivity index (χ3n) is 6.66. The molecule has 0 radical (unpaired) electrons. The van der Waals surface area contributed by atoms with Crippen molar-refractivity contribution >= 4 is 34.7 Å². The van der Waals surface area contributed by atoms with E-state index < -0.39 is 17.6 Å². The minimum Gasteiger partial charge on any atom is -0.459 e. The van der Waals surface area contributed by atoms with Crippen molar-refractivity contribution in [1.82, 2.24) is 20.2 Å². The Morgan fingerprint density at radius 2 is 1.98 bits per heavy atom. The third-order valence-corrected chi connectivity index (χ3v) is 6.66. The number of carbonyl (C=O) groups excluding carboxylic acids is 2. The zero-order chi connectivity index (χ0) is 28.4. The Hall–Kier alpha value is -4.67. The van der Waals surface area contributed by atoms with Crippen LogP contribution in [0.15, 0.2) is 65.4 Å². The lowest BCUT2D eigenvalue weighted by Gasteiger charge is -2.16. The maximum Gasteiger partial charge on any atom is 0.420 e. The SMILES string of the molecule is C[C@H]1CCN(C(=O)c2ccc(-c3cc(C(F)(F)F)c4oc(CNC(=O)/C=C/c5ccc(N)nc5)cc4c3)nc2)C1. The summed E-state index contributed by atoms with van der Waals surface area (Å²) in [6.07, 6.45) is 1.95. The number of amides is 2. The number of likely N-dealkylation sites (tertiary alicyclic amines) is 1. The van der Waals surface area contributed by atoms with Gasteiger partial charge in [-0.25, -0.2) is 4.98 Å². The van der Waals surface area contributed by atoms with Crippen LogP contribution in [0.2, 0.25) is 0 Å². The van der Waals surface area contributed by atoms with Crippen LogP contribution in [0, 0.1) is 5.92 Å². The Bertz CT molecular complexity index is 1580. The van der Waals surface area contributed by atoms with Crippen LogP contribution in [0.1, 0.15) is 40.6 Å². The van der Waals surface area contributed by atoms with Crippen LogP contribution in [0.5, 0.6) is 0 Å². The number of anilines is 1. The fraction of sp³-hybridized carbons (Fsp3) is 0.241. The van der Waals surface area contributed by atoms with Gasteiger partial charge in [-0.3, -0.25) is 14.6 Å². The first-order valence-corrected chi connectivity index (χ1v) is 12.6. The quantitative estimate of drug-likeness (QED) is 0.316. The zero-order valence-electron chi connectivity index (χ0n) is 21.5. The van der Waals surface area contributed by atoms with Gasteiger partial charge in [0, 0.05) is 42.5 Å². The molecule has 0 unspecified atom stereocenters. The second kappa shape index (κ2) is 10.8. The Morgan fingerprint density at radius 1 is 1.15 bits per heavy atom. The number of fused-ring (bicyclic) bond motifs is 1. The van der Waals surface area contributed by atoms with Crippen molar-refractivity contribution in [3.05, 3.63) is 83.4 Å². The molecule has 1 atom stereocenters. The summed E-state index contributed by atoms with van der Waals surface area (Å²) in [7, 11) is 0. The van der Waals surface area contributed by atoms with Crippen molar-refractivity contribution < 1.29 is 27.2 Å². The molecule has 0 spiro atoms. The summed E-state index contributed by atoms with van der Waals surface area (Å²) >= 11 is 0. The molecule has 0 saturated carbocycles. The van der Waals surface area contributed by atoms with Crippen LogP contribution in [0.25, 0.3) is 28.3 Å². The lowest BCUT2D eigenvalue weighted by molar-refractivity contribution is -0.136. The van der Waals surface area contributed by atoms with Gasteiger partial charge in [-0.1, -0.05) is 6.92 Å². The number of nitrogens with one attached hydrogen (secondary N) is 1. The van der Waals surface area contributed by atoms with Crippen molar-refractivity contribution in [2.75, 3.05) is 18.8 Å². The first-order chi connectivity index (χ1) is 19.1. The zero-order valence-corrected chi connectivity index (χ0v) is 21.5. The smallest absolute Gasteiger partial charge is 0.420 e. The summed E-state index contributed by atoms with van der Waals surface area (Å²) in [6, 6.07) is 10.4. The number of nitrogens with zero attached hydrogens (tertiary/aromatic N) is 3. The van der Waals surface area contributed by atoms with Gasteiger partial charge in [0.2, 0.25) is 5.91 Å². The van der Waals surface area contributed by atoms with Gasteiger partial charge in [-0.2, -0.15) is 13.2 Å². The number of hydrogen-bond acceptors (Lipinski definition) is 6. The number of alkyl halides is 3. The molecule has 8 nitrogen and oxygen atoms in total. The van der Waals surface area contributed by atoms with Crippen LogP contribution in [-0.4, -0.2) is 39.8 Å². The number of nitrogen functional groups attached to an aromatic ring is 1. The molecule has 2 amide bonds. The van der Waals surface area contributed by atoms with E-state index in [1.54, 1.807) is 29.2 Å². The highest BCUT2D eigenvalue weighted by molar-refractivity contribution is 5.95. The van der Waals surface area contributed by atoms with E-state index in [-0.39, 0.29) is 40.4 Å². The molecule has 11 heteroatoms. The number of nitrogens with two attached hydrogens (primary N) is 1. The largest absolute Gasteiger partial charge is 0.459 e. The van der Waals surface area contributed by atoms with E-state index in [0.29, 0.717) is 36.0 Å². The van der Waals surface area contributed by atoms with E-state index in [1.165, 1.54) is 36.7 Å². The number of carbonyl (C=O) groups is 2. The molecule has 0 aliphatic carbocycles. The highest BCUT2D eigenvalue weighted by Crippen LogP contribution is 2.39. The lowest BCUT2D eigenvalue weighted by atomic mass is 10.0. The number of halogens is 3. The van der Waals surface area contributed by atoms with Gasteiger partial charge in [-0.15, -0.1) is 0 Å². The summed E-state index contributed by atoms with van der Waals surface area (Å²) in [4.78, 5) is 34.9. The number of aromatic nitrogens is 2. The van der Waals surface area contributed by atoms with Crippen LogP contribution in [0.4, 0.5) is 19.0 Å². The molecule has 1 aliphatic heterocycles. The summed E-state index contributed by atoms with van der Waals surface area (Å²) in [5.41, 5.74) is 5.81. The minimum absolute atomic E-state index is 0.116. The first kappa shape index (κ1) is 26.9. The molecule has 5 rings (SSSR count). The number of pyridine rings is 2. The van der Waals surface area contributed by atoms with E-state index in [0.717, 1.165) is 12.5 Å². The highest BCUT2D eigenvalue weighted by Gasteiger charge is 2.35. The Morgan fingerprint density at radius 3 is 2.62 bits per heavy atom. The maximum absolute atomic E-state index is 14.0. The average molecular weight is 550 g/mol. The number of benzene rings is 1. The molecule has 4 aromatic rings. The summed E-state index contributed by atoms with van der Waals surface area (Å²) in [6.45, 7) is 3.31. The predicted octanol–water partition coefficient (Wildman–Crippen LogP) is 5.30. The fourth-order valence-electron chi connectivity index (χ4n) is 4.57. The van der Waals surface area contributed by atoms with Crippen LogP contribution in [-0.2, 0) is 17.5 Å². The van der Waals surface area contributed by atoms with Gasteiger partial charge in [0.15, 0.2) is 0 Å². The standard InChI is InChI=1S/C29H26F3N5O3/c1-17-8-9-37(16-17)28(39)19-4-5-24(34-14-19)20-10-21-11-22(40-27(21)23(12-20)29(30,31)32)15-36-26(38)7-3-18-2-6-25(33)35-13-18/h2-7,10-14,17H,8-9,15-16H2,1H3,(H2,33,35)(H,36,38)/b7-3+/t17-/m0/s1. The molecule has 40 heavy (non-hydrogen) atoms. The van der Waals surface area contributed by atoms with Gasteiger partial charge < -0.3 is 20.4 Å². The number of rotatable bonds is 6. The minimum atomic E-state index is -4.69. The molecule has 1 fully saturated rings. The molecule has 1 aromatic carbocycles. The average Bonchev–Trinajstić information content (AvgIpc) is 3.56. The monoisotopic (exact) mass is 549 g/mol. The van der Waals surface area contributed by atoms with Crippen molar-refractivity contribution in [2.45, 2.75) is 26.1 Å². The summed E-state index contributed by atoms with van der Waals surface area (Å²) < 4.78 is 47.4. The van der Waals surface area contributed by atoms with E-state index in [1.807, 2.05) is 0 Å². The molecule has 1 saturated heterocycles. The second-order valence-corrected chi connectivity index (χ2v) is 9.80. The molecular formula is C29H26F3N5O3. The summed E-state index contributed by atoms with van der Waals surface area (Å²) in [5.74, 6) is 0.332. The predicted molar refractivity (Wildman–Crippen MR) is 144 cm³/mol. The lowest BCUT2D eigenvalue weighted by Crippen LogP contribution is -2.28. The molecule has 1 aliphatic rings. The normalized spacial score (nSPS) is 15.7. The van der Waals surface area contributed by atoms with Crippen LogP contribution >= 0.6 is 0 Å². The molecule has 206 valence electrons. The third kappa shape index (κ3) is 5.98. The van der Waals surface area contributed by atoms with Crippen molar-refractivity contribution in [1.29, 1.82) is 0 Å². The van der Waals surface area contributed by atoms with Gasteiger partial charge >= 0.3 is 6.18 Å².